The van der Waals surface area contributed by atoms with E-state index in [1.54, 1.807) is 26.4 Å². The standard InChI is InChI=1S/C16H17Cl2NO2/c1-9-6-10(4-5-12(9)17)16(19)11-7-14(20-2)15(21-3)8-13(11)18/h4-8,16H,19H2,1-3H3. The second-order valence-electron chi connectivity index (χ2n) is 4.71. The van der Waals surface area contributed by atoms with Crippen molar-refractivity contribution in [1.29, 1.82) is 0 Å². The molecule has 2 rings (SSSR count). The van der Waals surface area contributed by atoms with Gasteiger partial charge < -0.3 is 15.2 Å². The number of rotatable bonds is 4. The third-order valence-corrected chi connectivity index (χ3v) is 4.13. The topological polar surface area (TPSA) is 44.5 Å². The largest absolute Gasteiger partial charge is 0.493 e. The molecule has 2 N–H and O–H groups in total. The van der Waals surface area contributed by atoms with Crippen molar-refractivity contribution in [3.05, 3.63) is 57.1 Å². The van der Waals surface area contributed by atoms with Gasteiger partial charge in [-0.2, -0.15) is 0 Å². The van der Waals surface area contributed by atoms with Gasteiger partial charge in [0.15, 0.2) is 11.5 Å². The van der Waals surface area contributed by atoms with Gasteiger partial charge in [0.1, 0.15) is 0 Å². The number of nitrogens with two attached hydrogens (primary N) is 1. The molecule has 0 aromatic heterocycles. The third kappa shape index (κ3) is 3.26. The average Bonchev–Trinajstić information content (AvgIpc) is 2.49. The first-order valence-electron chi connectivity index (χ1n) is 6.41. The summed E-state index contributed by atoms with van der Waals surface area (Å²) in [6.07, 6.45) is 0. The molecule has 112 valence electrons. The summed E-state index contributed by atoms with van der Waals surface area (Å²) in [7, 11) is 3.14. The maximum absolute atomic E-state index is 6.33. The molecule has 1 unspecified atom stereocenters. The van der Waals surface area contributed by atoms with E-state index in [2.05, 4.69) is 0 Å². The average molecular weight is 326 g/mol. The van der Waals surface area contributed by atoms with Crippen molar-refractivity contribution in [2.24, 2.45) is 5.73 Å². The van der Waals surface area contributed by atoms with Crippen LogP contribution < -0.4 is 15.2 Å². The highest BCUT2D eigenvalue weighted by Gasteiger charge is 2.17. The van der Waals surface area contributed by atoms with Crippen LogP contribution in [0.25, 0.3) is 0 Å². The minimum Gasteiger partial charge on any atom is -0.493 e. The SMILES string of the molecule is COc1cc(Cl)c(C(N)c2ccc(Cl)c(C)c2)cc1OC. The summed E-state index contributed by atoms with van der Waals surface area (Å²) in [4.78, 5) is 0. The molecule has 0 saturated heterocycles. The number of hydrogen-bond donors (Lipinski definition) is 1. The normalized spacial score (nSPS) is 12.1. The maximum Gasteiger partial charge on any atom is 0.162 e. The highest BCUT2D eigenvalue weighted by molar-refractivity contribution is 6.32. The summed E-state index contributed by atoms with van der Waals surface area (Å²) in [6.45, 7) is 1.94. The van der Waals surface area contributed by atoms with Crippen LogP contribution in [0.3, 0.4) is 0 Å². The van der Waals surface area contributed by atoms with Crippen LogP contribution in [0.15, 0.2) is 30.3 Å². The molecular formula is C16H17Cl2NO2. The van der Waals surface area contributed by atoms with E-state index < -0.39 is 0 Å². The van der Waals surface area contributed by atoms with Crippen molar-refractivity contribution in [2.75, 3.05) is 14.2 Å². The molecular weight excluding hydrogens is 309 g/mol. The molecule has 21 heavy (non-hydrogen) atoms. The summed E-state index contributed by atoms with van der Waals surface area (Å²) < 4.78 is 10.5. The first-order chi connectivity index (χ1) is 9.97. The van der Waals surface area contributed by atoms with Crippen molar-refractivity contribution < 1.29 is 9.47 Å². The second kappa shape index (κ2) is 6.56. The van der Waals surface area contributed by atoms with Crippen LogP contribution in [0.1, 0.15) is 22.7 Å². The molecule has 0 spiro atoms. The highest BCUT2D eigenvalue weighted by atomic mass is 35.5. The van der Waals surface area contributed by atoms with Gasteiger partial charge in [0.25, 0.3) is 0 Å². The van der Waals surface area contributed by atoms with Gasteiger partial charge in [0.2, 0.25) is 0 Å². The number of hydrogen-bond acceptors (Lipinski definition) is 3. The van der Waals surface area contributed by atoms with E-state index in [-0.39, 0.29) is 6.04 Å². The lowest BCUT2D eigenvalue weighted by Gasteiger charge is -2.18. The lowest BCUT2D eigenvalue weighted by molar-refractivity contribution is 0.354. The van der Waals surface area contributed by atoms with Crippen LogP contribution in [-0.4, -0.2) is 14.2 Å². The van der Waals surface area contributed by atoms with Crippen molar-refractivity contribution in [3.8, 4) is 11.5 Å². The number of ether oxygens (including phenoxy) is 2. The highest BCUT2D eigenvalue weighted by Crippen LogP contribution is 2.37. The van der Waals surface area contributed by atoms with E-state index in [1.165, 1.54) is 0 Å². The summed E-state index contributed by atoms with van der Waals surface area (Å²) in [5.41, 5.74) is 9.01. The molecule has 0 saturated carbocycles. The summed E-state index contributed by atoms with van der Waals surface area (Å²) in [6, 6.07) is 8.83. The van der Waals surface area contributed by atoms with Crippen LogP contribution >= 0.6 is 23.2 Å². The van der Waals surface area contributed by atoms with E-state index in [1.807, 2.05) is 25.1 Å². The zero-order chi connectivity index (χ0) is 15.6. The van der Waals surface area contributed by atoms with Gasteiger partial charge in [0, 0.05) is 16.1 Å². The van der Waals surface area contributed by atoms with Crippen LogP contribution in [-0.2, 0) is 0 Å². The molecule has 0 aliphatic rings. The van der Waals surface area contributed by atoms with Gasteiger partial charge in [-0.3, -0.25) is 0 Å². The van der Waals surface area contributed by atoms with Crippen LogP contribution in [0.5, 0.6) is 11.5 Å². The van der Waals surface area contributed by atoms with Gasteiger partial charge >= 0.3 is 0 Å². The fraction of sp³-hybridized carbons (Fsp3) is 0.250. The molecule has 1 atom stereocenters. The Kier molecular flexibility index (Phi) is 4.99. The zero-order valence-electron chi connectivity index (χ0n) is 12.1. The smallest absolute Gasteiger partial charge is 0.162 e. The molecule has 2 aromatic rings. The predicted octanol–water partition coefficient (Wildman–Crippen LogP) is 4.37. The molecule has 3 nitrogen and oxygen atoms in total. The molecule has 0 bridgehead atoms. The first-order valence-corrected chi connectivity index (χ1v) is 7.16. The molecule has 0 heterocycles. The second-order valence-corrected chi connectivity index (χ2v) is 5.53. The quantitative estimate of drug-likeness (QED) is 0.907. The zero-order valence-corrected chi connectivity index (χ0v) is 13.6. The van der Waals surface area contributed by atoms with Gasteiger partial charge in [-0.05, 0) is 35.7 Å². The van der Waals surface area contributed by atoms with E-state index in [0.29, 0.717) is 21.5 Å². The number of benzene rings is 2. The molecule has 0 radical (unpaired) electrons. The third-order valence-electron chi connectivity index (χ3n) is 3.38. The molecule has 0 aliphatic carbocycles. The Morgan fingerprint density at radius 2 is 1.57 bits per heavy atom. The number of halogens is 2. The Bertz CT molecular complexity index is 659. The first kappa shape index (κ1) is 16.0. The molecule has 0 fully saturated rings. The number of methoxy groups -OCH3 is 2. The van der Waals surface area contributed by atoms with Crippen molar-refractivity contribution in [3.63, 3.8) is 0 Å². The Balaban J connectivity index is 2.47. The van der Waals surface area contributed by atoms with E-state index >= 15 is 0 Å². The summed E-state index contributed by atoms with van der Waals surface area (Å²) >= 11 is 12.4. The van der Waals surface area contributed by atoms with E-state index in [0.717, 1.165) is 16.7 Å². The Morgan fingerprint density at radius 3 is 2.14 bits per heavy atom. The van der Waals surface area contributed by atoms with Crippen molar-refractivity contribution >= 4 is 23.2 Å². The molecule has 0 amide bonds. The lowest BCUT2D eigenvalue weighted by Crippen LogP contribution is -2.13. The van der Waals surface area contributed by atoms with E-state index in [4.69, 9.17) is 38.4 Å². The van der Waals surface area contributed by atoms with Gasteiger partial charge in [-0.25, -0.2) is 0 Å². The van der Waals surface area contributed by atoms with Crippen LogP contribution in [0, 0.1) is 6.92 Å². The maximum atomic E-state index is 6.33. The fourth-order valence-corrected chi connectivity index (χ4v) is 2.54. The summed E-state index contributed by atoms with van der Waals surface area (Å²) in [5, 5.41) is 1.25. The fourth-order valence-electron chi connectivity index (χ4n) is 2.15. The Hall–Kier alpha value is -1.42. The van der Waals surface area contributed by atoms with Crippen LogP contribution in [0.4, 0.5) is 0 Å². The molecule has 0 aliphatic heterocycles. The minimum atomic E-state index is -0.367. The Labute approximate surface area is 134 Å². The minimum absolute atomic E-state index is 0.367. The van der Waals surface area contributed by atoms with Crippen molar-refractivity contribution in [2.45, 2.75) is 13.0 Å². The van der Waals surface area contributed by atoms with Gasteiger partial charge in [0.05, 0.1) is 20.3 Å². The number of aryl methyl sites for hydroxylation is 1. The monoisotopic (exact) mass is 325 g/mol. The van der Waals surface area contributed by atoms with Gasteiger partial charge in [-0.15, -0.1) is 0 Å². The Morgan fingerprint density at radius 1 is 0.952 bits per heavy atom. The van der Waals surface area contributed by atoms with Crippen LogP contribution in [0.2, 0.25) is 10.0 Å². The molecule has 5 heteroatoms. The summed E-state index contributed by atoms with van der Waals surface area (Å²) in [5.74, 6) is 1.17. The molecule has 2 aromatic carbocycles. The van der Waals surface area contributed by atoms with Crippen molar-refractivity contribution in [1.82, 2.24) is 0 Å². The van der Waals surface area contributed by atoms with E-state index in [9.17, 15) is 0 Å². The predicted molar refractivity (Wildman–Crippen MR) is 86.8 cm³/mol. The lowest BCUT2D eigenvalue weighted by atomic mass is 9.97. The van der Waals surface area contributed by atoms with Gasteiger partial charge in [-0.1, -0.05) is 35.3 Å².